The normalized spacial score (nSPS) is 16.8. The summed E-state index contributed by atoms with van der Waals surface area (Å²) in [5.41, 5.74) is 1.96. The molecule has 1 aliphatic rings. The molecule has 0 aliphatic carbocycles. The highest BCUT2D eigenvalue weighted by molar-refractivity contribution is 6.31. The van der Waals surface area contributed by atoms with Crippen LogP contribution in [0.25, 0.3) is 5.65 Å². The zero-order valence-corrected chi connectivity index (χ0v) is 14.0. The molecule has 1 atom stereocenters. The third-order valence-corrected chi connectivity index (χ3v) is 4.28. The minimum absolute atomic E-state index is 0.0944. The highest BCUT2D eigenvalue weighted by Crippen LogP contribution is 2.36. The van der Waals surface area contributed by atoms with Gasteiger partial charge in [0.05, 0.1) is 17.8 Å². The summed E-state index contributed by atoms with van der Waals surface area (Å²) in [5, 5.41) is 8.62. The Morgan fingerprint density at radius 2 is 2.12 bits per heavy atom. The number of halogens is 1. The molecule has 4 rings (SSSR count). The molecule has 122 valence electrons. The first kappa shape index (κ1) is 15.0. The van der Waals surface area contributed by atoms with E-state index in [9.17, 15) is 4.79 Å². The number of ether oxygens (including phenoxy) is 1. The highest BCUT2D eigenvalue weighted by Gasteiger charge is 2.29. The topological polar surface area (TPSA) is 59.7 Å². The molecule has 2 aromatic heterocycles. The molecule has 1 aliphatic heterocycles. The fourth-order valence-corrected chi connectivity index (χ4v) is 3.06. The lowest BCUT2D eigenvalue weighted by atomic mass is 10.1. The number of carbonyl (C=O) groups excluding carboxylic acids is 1. The van der Waals surface area contributed by atoms with Gasteiger partial charge in [-0.2, -0.15) is 0 Å². The fourth-order valence-electron chi connectivity index (χ4n) is 2.89. The van der Waals surface area contributed by atoms with E-state index in [1.807, 2.05) is 13.8 Å². The Hall–Kier alpha value is -2.60. The second kappa shape index (κ2) is 5.49. The molecule has 7 heteroatoms. The largest absolute Gasteiger partial charge is 0.487 e. The first-order chi connectivity index (χ1) is 11.5. The SMILES string of the molecule is Cc1nnc2ccc(C(=O)N3C[C@H](C)Oc4ccc(Cl)cc43)cn12. The van der Waals surface area contributed by atoms with E-state index in [0.717, 1.165) is 5.82 Å². The maximum Gasteiger partial charge on any atom is 0.260 e. The molecule has 0 bridgehead atoms. The predicted molar refractivity (Wildman–Crippen MR) is 90.9 cm³/mol. The number of hydrogen-bond acceptors (Lipinski definition) is 4. The van der Waals surface area contributed by atoms with Crippen molar-refractivity contribution in [3.8, 4) is 5.75 Å². The monoisotopic (exact) mass is 342 g/mol. The lowest BCUT2D eigenvalue weighted by molar-refractivity contribution is 0.0960. The van der Waals surface area contributed by atoms with Gasteiger partial charge < -0.3 is 9.64 Å². The van der Waals surface area contributed by atoms with Gasteiger partial charge in [0, 0.05) is 11.2 Å². The molecule has 1 aromatic carbocycles. The number of pyridine rings is 1. The van der Waals surface area contributed by atoms with Gasteiger partial charge in [-0.15, -0.1) is 10.2 Å². The summed E-state index contributed by atoms with van der Waals surface area (Å²) in [7, 11) is 0. The van der Waals surface area contributed by atoms with E-state index in [1.165, 1.54) is 0 Å². The Bertz CT molecular complexity index is 953. The van der Waals surface area contributed by atoms with Crippen molar-refractivity contribution in [3.63, 3.8) is 0 Å². The van der Waals surface area contributed by atoms with E-state index >= 15 is 0 Å². The molecule has 0 unspecified atom stereocenters. The highest BCUT2D eigenvalue weighted by atomic mass is 35.5. The van der Waals surface area contributed by atoms with Crippen LogP contribution in [0.2, 0.25) is 5.02 Å². The molecule has 0 radical (unpaired) electrons. The van der Waals surface area contributed by atoms with Gasteiger partial charge in [-0.25, -0.2) is 0 Å². The van der Waals surface area contributed by atoms with Crippen LogP contribution in [-0.2, 0) is 0 Å². The molecule has 0 saturated heterocycles. The summed E-state index contributed by atoms with van der Waals surface area (Å²) >= 11 is 6.10. The second-order valence-electron chi connectivity index (χ2n) is 5.85. The zero-order valence-electron chi connectivity index (χ0n) is 13.2. The molecule has 0 fully saturated rings. The third kappa shape index (κ3) is 2.39. The number of hydrogen-bond donors (Lipinski definition) is 0. The maximum atomic E-state index is 13.1. The number of nitrogens with zero attached hydrogens (tertiary/aromatic N) is 4. The Balaban J connectivity index is 1.78. The van der Waals surface area contributed by atoms with Crippen LogP contribution in [-0.4, -0.2) is 33.2 Å². The van der Waals surface area contributed by atoms with Gasteiger partial charge in [-0.3, -0.25) is 9.20 Å². The van der Waals surface area contributed by atoms with E-state index in [0.29, 0.717) is 34.2 Å². The lowest BCUT2D eigenvalue weighted by Crippen LogP contribution is -2.42. The van der Waals surface area contributed by atoms with Gasteiger partial charge in [-0.05, 0) is 44.2 Å². The molecule has 0 spiro atoms. The van der Waals surface area contributed by atoms with Crippen molar-refractivity contribution in [3.05, 3.63) is 52.9 Å². The van der Waals surface area contributed by atoms with Crippen molar-refractivity contribution < 1.29 is 9.53 Å². The van der Waals surface area contributed by atoms with Crippen LogP contribution in [0, 0.1) is 6.92 Å². The van der Waals surface area contributed by atoms with Crippen LogP contribution in [0.4, 0.5) is 5.69 Å². The van der Waals surface area contributed by atoms with E-state index in [-0.39, 0.29) is 12.0 Å². The van der Waals surface area contributed by atoms with Gasteiger partial charge >= 0.3 is 0 Å². The lowest BCUT2D eigenvalue weighted by Gasteiger charge is -2.33. The van der Waals surface area contributed by atoms with Crippen LogP contribution in [0.5, 0.6) is 5.75 Å². The number of anilines is 1. The number of rotatable bonds is 1. The summed E-state index contributed by atoms with van der Waals surface area (Å²) in [5.74, 6) is 1.29. The summed E-state index contributed by atoms with van der Waals surface area (Å²) in [4.78, 5) is 14.8. The number of amides is 1. The summed E-state index contributed by atoms with van der Waals surface area (Å²) < 4.78 is 7.60. The molecular formula is C17H15ClN4O2. The Morgan fingerprint density at radius 3 is 2.96 bits per heavy atom. The van der Waals surface area contributed by atoms with Gasteiger partial charge in [0.15, 0.2) is 5.65 Å². The second-order valence-corrected chi connectivity index (χ2v) is 6.29. The maximum absolute atomic E-state index is 13.1. The van der Waals surface area contributed by atoms with Crippen molar-refractivity contribution in [2.75, 3.05) is 11.4 Å². The number of carbonyl (C=O) groups is 1. The van der Waals surface area contributed by atoms with E-state index in [1.54, 1.807) is 45.8 Å². The Labute approximate surface area is 143 Å². The molecule has 0 saturated carbocycles. The van der Waals surface area contributed by atoms with Gasteiger partial charge in [0.25, 0.3) is 5.91 Å². The average molecular weight is 343 g/mol. The van der Waals surface area contributed by atoms with E-state index < -0.39 is 0 Å². The van der Waals surface area contributed by atoms with Crippen molar-refractivity contribution >= 4 is 28.8 Å². The number of aryl methyl sites for hydroxylation is 1. The van der Waals surface area contributed by atoms with Crippen LogP contribution in [0.3, 0.4) is 0 Å². The van der Waals surface area contributed by atoms with Gasteiger partial charge in [0.1, 0.15) is 17.7 Å². The van der Waals surface area contributed by atoms with Gasteiger partial charge in [0.2, 0.25) is 0 Å². The molecular weight excluding hydrogens is 328 g/mol. The molecule has 24 heavy (non-hydrogen) atoms. The predicted octanol–water partition coefficient (Wildman–Crippen LogP) is 3.12. The van der Waals surface area contributed by atoms with Crippen molar-refractivity contribution in [2.45, 2.75) is 20.0 Å². The quantitative estimate of drug-likeness (QED) is 0.681. The molecule has 3 aromatic rings. The minimum atomic E-state index is -0.108. The fraction of sp³-hybridized carbons (Fsp3) is 0.235. The van der Waals surface area contributed by atoms with Crippen LogP contribution < -0.4 is 9.64 Å². The summed E-state index contributed by atoms with van der Waals surface area (Å²) in [6.07, 6.45) is 1.67. The summed E-state index contributed by atoms with van der Waals surface area (Å²) in [6.45, 7) is 4.25. The minimum Gasteiger partial charge on any atom is -0.487 e. The van der Waals surface area contributed by atoms with Crippen LogP contribution in [0.15, 0.2) is 36.5 Å². The Kier molecular flexibility index (Phi) is 3.42. The summed E-state index contributed by atoms with van der Waals surface area (Å²) in [6, 6.07) is 8.85. The number of fused-ring (bicyclic) bond motifs is 2. The zero-order chi connectivity index (χ0) is 16.8. The molecule has 1 amide bonds. The first-order valence-electron chi connectivity index (χ1n) is 7.62. The van der Waals surface area contributed by atoms with Crippen molar-refractivity contribution in [1.82, 2.24) is 14.6 Å². The average Bonchev–Trinajstić information content (AvgIpc) is 2.94. The van der Waals surface area contributed by atoms with Crippen molar-refractivity contribution in [2.24, 2.45) is 0 Å². The standard InChI is InChI=1S/C17H15ClN4O2/c1-10-8-22(14-7-13(18)4-5-15(14)24-10)17(23)12-3-6-16-20-19-11(2)21(16)9-12/h3-7,9-10H,8H2,1-2H3/t10-/m0/s1. The van der Waals surface area contributed by atoms with Crippen LogP contribution in [0.1, 0.15) is 23.1 Å². The third-order valence-electron chi connectivity index (χ3n) is 4.04. The first-order valence-corrected chi connectivity index (χ1v) is 8.00. The molecule has 3 heterocycles. The smallest absolute Gasteiger partial charge is 0.260 e. The van der Waals surface area contributed by atoms with Gasteiger partial charge in [-0.1, -0.05) is 11.6 Å². The van der Waals surface area contributed by atoms with Crippen molar-refractivity contribution in [1.29, 1.82) is 0 Å². The number of aromatic nitrogens is 3. The number of benzene rings is 1. The molecule has 6 nitrogen and oxygen atoms in total. The molecule has 0 N–H and O–H groups in total. The van der Waals surface area contributed by atoms with E-state index in [2.05, 4.69) is 10.2 Å². The van der Waals surface area contributed by atoms with Crippen LogP contribution >= 0.6 is 11.6 Å². The van der Waals surface area contributed by atoms with E-state index in [4.69, 9.17) is 16.3 Å². The Morgan fingerprint density at radius 1 is 1.29 bits per heavy atom.